The lowest BCUT2D eigenvalue weighted by atomic mass is 9.85. The lowest BCUT2D eigenvalue weighted by Crippen LogP contribution is -2.37. The van der Waals surface area contributed by atoms with Crippen LogP contribution in [0.1, 0.15) is 48.9 Å². The van der Waals surface area contributed by atoms with E-state index in [4.69, 9.17) is 14.6 Å². The van der Waals surface area contributed by atoms with Crippen LogP contribution in [-0.4, -0.2) is 47.4 Å². The molecule has 1 unspecified atom stereocenters. The van der Waals surface area contributed by atoms with Crippen molar-refractivity contribution in [3.05, 3.63) is 54.1 Å². The van der Waals surface area contributed by atoms with Gasteiger partial charge in [-0.15, -0.1) is 0 Å². The first-order valence-electron chi connectivity index (χ1n) is 11.1. The van der Waals surface area contributed by atoms with Crippen LogP contribution in [0, 0.1) is 5.92 Å². The second-order valence-corrected chi connectivity index (χ2v) is 8.78. The smallest absolute Gasteiger partial charge is 0.335 e. The summed E-state index contributed by atoms with van der Waals surface area (Å²) in [4.78, 5) is 25.2. The SMILES string of the molecule is O=C(O)c1ccc(OCC2CC(=O)N(c3ccc(OCC4(O)CCCCC4)cc3)C2)cc1. The van der Waals surface area contributed by atoms with Crippen LogP contribution in [0.4, 0.5) is 5.69 Å². The summed E-state index contributed by atoms with van der Waals surface area (Å²) in [6.45, 7) is 1.24. The lowest BCUT2D eigenvalue weighted by Gasteiger charge is -2.31. The van der Waals surface area contributed by atoms with Crippen molar-refractivity contribution in [2.75, 3.05) is 24.7 Å². The van der Waals surface area contributed by atoms with Gasteiger partial charge >= 0.3 is 5.97 Å². The molecule has 1 amide bonds. The molecular weight excluding hydrogens is 410 g/mol. The van der Waals surface area contributed by atoms with Crippen LogP contribution >= 0.6 is 0 Å². The first-order chi connectivity index (χ1) is 15.4. The third-order valence-corrected chi connectivity index (χ3v) is 6.23. The molecule has 2 aromatic carbocycles. The van der Waals surface area contributed by atoms with Gasteiger partial charge in [0.15, 0.2) is 0 Å². The minimum absolute atomic E-state index is 0.0463. The molecule has 1 atom stereocenters. The van der Waals surface area contributed by atoms with E-state index in [1.165, 1.54) is 18.6 Å². The van der Waals surface area contributed by atoms with Crippen LogP contribution in [0.25, 0.3) is 0 Å². The molecule has 0 spiro atoms. The average Bonchev–Trinajstić information content (AvgIpc) is 3.18. The number of amides is 1. The number of carbonyl (C=O) groups is 2. The summed E-state index contributed by atoms with van der Waals surface area (Å²) in [7, 11) is 0. The number of nitrogens with zero attached hydrogens (tertiary/aromatic N) is 1. The number of carboxylic acids is 1. The average molecular weight is 440 g/mol. The number of ether oxygens (including phenoxy) is 2. The van der Waals surface area contributed by atoms with Gasteiger partial charge in [0.1, 0.15) is 18.1 Å². The van der Waals surface area contributed by atoms with E-state index < -0.39 is 11.6 Å². The number of carbonyl (C=O) groups excluding carboxylic acids is 1. The van der Waals surface area contributed by atoms with E-state index in [1.54, 1.807) is 17.0 Å². The Morgan fingerprint density at radius 3 is 2.25 bits per heavy atom. The van der Waals surface area contributed by atoms with Crippen molar-refractivity contribution in [2.45, 2.75) is 44.1 Å². The molecule has 7 heteroatoms. The van der Waals surface area contributed by atoms with E-state index in [-0.39, 0.29) is 17.4 Å². The van der Waals surface area contributed by atoms with Gasteiger partial charge in [0, 0.05) is 24.6 Å². The highest BCUT2D eigenvalue weighted by molar-refractivity contribution is 5.95. The Morgan fingerprint density at radius 2 is 1.59 bits per heavy atom. The highest BCUT2D eigenvalue weighted by Crippen LogP contribution is 2.30. The Labute approximate surface area is 187 Å². The molecule has 32 heavy (non-hydrogen) atoms. The lowest BCUT2D eigenvalue weighted by molar-refractivity contribution is -0.117. The van der Waals surface area contributed by atoms with Crippen LogP contribution in [0.3, 0.4) is 0 Å². The molecule has 2 aliphatic rings. The first kappa shape index (κ1) is 22.1. The van der Waals surface area contributed by atoms with Gasteiger partial charge in [0.05, 0.1) is 17.8 Å². The van der Waals surface area contributed by atoms with Crippen LogP contribution in [-0.2, 0) is 4.79 Å². The highest BCUT2D eigenvalue weighted by Gasteiger charge is 2.32. The van der Waals surface area contributed by atoms with Crippen LogP contribution in [0.15, 0.2) is 48.5 Å². The molecule has 1 heterocycles. The fourth-order valence-corrected chi connectivity index (χ4v) is 4.34. The van der Waals surface area contributed by atoms with E-state index in [1.807, 2.05) is 24.3 Å². The summed E-state index contributed by atoms with van der Waals surface area (Å²) in [5, 5.41) is 19.5. The molecule has 1 saturated carbocycles. The second kappa shape index (κ2) is 9.61. The monoisotopic (exact) mass is 439 g/mol. The van der Waals surface area contributed by atoms with Crippen molar-refractivity contribution in [1.82, 2.24) is 0 Å². The van der Waals surface area contributed by atoms with Crippen LogP contribution in [0.5, 0.6) is 11.5 Å². The van der Waals surface area contributed by atoms with Gasteiger partial charge in [0.2, 0.25) is 5.91 Å². The number of hydrogen-bond donors (Lipinski definition) is 2. The number of aromatic carboxylic acids is 1. The van der Waals surface area contributed by atoms with Crippen molar-refractivity contribution in [3.63, 3.8) is 0 Å². The summed E-state index contributed by atoms with van der Waals surface area (Å²) in [5.74, 6) is 0.393. The molecule has 0 radical (unpaired) electrons. The molecule has 0 aromatic heterocycles. The third kappa shape index (κ3) is 5.40. The fourth-order valence-electron chi connectivity index (χ4n) is 4.34. The summed E-state index contributed by atoms with van der Waals surface area (Å²) in [6.07, 6.45) is 5.20. The first-order valence-corrected chi connectivity index (χ1v) is 11.1. The highest BCUT2D eigenvalue weighted by atomic mass is 16.5. The Bertz CT molecular complexity index is 934. The zero-order chi connectivity index (χ0) is 22.6. The normalized spacial score (nSPS) is 20.2. The molecule has 2 fully saturated rings. The van der Waals surface area contributed by atoms with Gasteiger partial charge in [-0.05, 0) is 61.4 Å². The Kier molecular flexibility index (Phi) is 6.65. The molecule has 2 N–H and O–H groups in total. The molecule has 1 aliphatic carbocycles. The number of anilines is 1. The molecule has 4 rings (SSSR count). The molecule has 170 valence electrons. The summed E-state index contributed by atoms with van der Waals surface area (Å²) in [6, 6.07) is 13.7. The molecule has 0 bridgehead atoms. The molecule has 1 saturated heterocycles. The van der Waals surface area contributed by atoms with E-state index in [0.29, 0.717) is 37.7 Å². The summed E-state index contributed by atoms with van der Waals surface area (Å²) in [5.41, 5.74) is 0.287. The summed E-state index contributed by atoms with van der Waals surface area (Å²) >= 11 is 0. The van der Waals surface area contributed by atoms with Crippen molar-refractivity contribution >= 4 is 17.6 Å². The van der Waals surface area contributed by atoms with Gasteiger partial charge in [-0.3, -0.25) is 4.79 Å². The third-order valence-electron chi connectivity index (χ3n) is 6.23. The van der Waals surface area contributed by atoms with E-state index in [9.17, 15) is 14.7 Å². The molecular formula is C25H29NO6. The Balaban J connectivity index is 1.28. The zero-order valence-electron chi connectivity index (χ0n) is 18.0. The van der Waals surface area contributed by atoms with E-state index in [0.717, 1.165) is 31.4 Å². The summed E-state index contributed by atoms with van der Waals surface area (Å²) < 4.78 is 11.6. The standard InChI is InChI=1S/C25H29NO6/c27-23-14-18(16-31-21-8-4-19(5-9-21)24(28)29)15-26(23)20-6-10-22(11-7-20)32-17-25(30)12-2-1-3-13-25/h4-11,18,30H,1-3,12-17H2,(H,28,29). The van der Waals surface area contributed by atoms with Gasteiger partial charge in [-0.2, -0.15) is 0 Å². The topological polar surface area (TPSA) is 96.3 Å². The van der Waals surface area contributed by atoms with Crippen molar-refractivity contribution in [2.24, 2.45) is 5.92 Å². The van der Waals surface area contributed by atoms with E-state index in [2.05, 4.69) is 0 Å². The quantitative estimate of drug-likeness (QED) is 0.648. The maximum absolute atomic E-state index is 12.5. The van der Waals surface area contributed by atoms with Gasteiger partial charge in [-0.1, -0.05) is 19.3 Å². The number of hydrogen-bond acceptors (Lipinski definition) is 5. The number of benzene rings is 2. The predicted octanol–water partition coefficient (Wildman–Crippen LogP) is 3.89. The minimum atomic E-state index is -0.977. The maximum atomic E-state index is 12.5. The van der Waals surface area contributed by atoms with Crippen LogP contribution < -0.4 is 14.4 Å². The second-order valence-electron chi connectivity index (χ2n) is 8.78. The van der Waals surface area contributed by atoms with Gasteiger partial charge in [-0.25, -0.2) is 4.79 Å². The maximum Gasteiger partial charge on any atom is 0.335 e. The fraction of sp³-hybridized carbons (Fsp3) is 0.440. The van der Waals surface area contributed by atoms with Crippen molar-refractivity contribution in [3.8, 4) is 11.5 Å². The van der Waals surface area contributed by atoms with Crippen LogP contribution in [0.2, 0.25) is 0 Å². The number of aliphatic hydroxyl groups is 1. The Hall–Kier alpha value is -3.06. The molecule has 1 aliphatic heterocycles. The van der Waals surface area contributed by atoms with Gasteiger partial charge in [0.25, 0.3) is 0 Å². The Morgan fingerprint density at radius 1 is 0.969 bits per heavy atom. The zero-order valence-corrected chi connectivity index (χ0v) is 18.0. The van der Waals surface area contributed by atoms with E-state index >= 15 is 0 Å². The largest absolute Gasteiger partial charge is 0.493 e. The number of rotatable bonds is 8. The van der Waals surface area contributed by atoms with Crippen molar-refractivity contribution in [1.29, 1.82) is 0 Å². The predicted molar refractivity (Wildman–Crippen MR) is 119 cm³/mol. The molecule has 7 nitrogen and oxygen atoms in total. The molecule has 2 aromatic rings. The van der Waals surface area contributed by atoms with Crippen molar-refractivity contribution < 1.29 is 29.3 Å². The van der Waals surface area contributed by atoms with Gasteiger partial charge < -0.3 is 24.6 Å². The number of carboxylic acid groups (broad SMARTS) is 1. The minimum Gasteiger partial charge on any atom is -0.493 e.